The molecule has 4 rings (SSSR count). The number of aromatic nitrogens is 1. The molecule has 0 saturated carbocycles. The van der Waals surface area contributed by atoms with Crippen molar-refractivity contribution in [2.75, 3.05) is 19.6 Å². The second-order valence-corrected chi connectivity index (χ2v) is 8.04. The van der Waals surface area contributed by atoms with Crippen LogP contribution in [0.1, 0.15) is 36.8 Å². The highest BCUT2D eigenvalue weighted by atomic mass is 35.5. The van der Waals surface area contributed by atoms with Crippen LogP contribution in [0.2, 0.25) is 5.02 Å². The van der Waals surface area contributed by atoms with Crippen LogP contribution in [0.3, 0.4) is 0 Å². The van der Waals surface area contributed by atoms with Gasteiger partial charge in [-0.2, -0.15) is 0 Å². The fourth-order valence-corrected chi connectivity index (χ4v) is 4.01. The van der Waals surface area contributed by atoms with E-state index in [2.05, 4.69) is 39.5 Å². The van der Waals surface area contributed by atoms with E-state index in [0.717, 1.165) is 18.7 Å². The van der Waals surface area contributed by atoms with Gasteiger partial charge < -0.3 is 9.73 Å². The summed E-state index contributed by atoms with van der Waals surface area (Å²) < 4.78 is 5.79. The van der Waals surface area contributed by atoms with Crippen molar-refractivity contribution in [3.05, 3.63) is 77.3 Å². The van der Waals surface area contributed by atoms with Crippen molar-refractivity contribution >= 4 is 17.5 Å². The van der Waals surface area contributed by atoms with E-state index in [1.165, 1.54) is 18.4 Å². The summed E-state index contributed by atoms with van der Waals surface area (Å²) in [5, 5.41) is 3.79. The quantitative estimate of drug-likeness (QED) is 0.561. The summed E-state index contributed by atoms with van der Waals surface area (Å²) in [4.78, 5) is 19.2. The normalized spacial score (nSPS) is 15.2. The molecule has 156 valence electrons. The summed E-state index contributed by atoms with van der Waals surface area (Å²) in [6.07, 6.45) is 4.95. The number of hydrogen-bond donors (Lipinski definition) is 1. The van der Waals surface area contributed by atoms with E-state index in [4.69, 9.17) is 16.0 Å². The second-order valence-electron chi connectivity index (χ2n) is 7.60. The minimum Gasteiger partial charge on any atom is -0.441 e. The highest BCUT2D eigenvalue weighted by molar-refractivity contribution is 6.30. The standard InChI is InChI=1S/C24H26ClN3O2/c25-20-10-8-19(9-11-20)22-17-27-24(30-22)13-12-23(29)26-16-21(28-14-4-5-15-28)18-6-2-1-3-7-18/h1-3,6-11,17,21H,4-5,12-16H2,(H,26,29). The van der Waals surface area contributed by atoms with Crippen LogP contribution in [0.5, 0.6) is 0 Å². The molecule has 6 heteroatoms. The Kier molecular flexibility index (Phi) is 6.82. The molecule has 1 atom stereocenters. The van der Waals surface area contributed by atoms with Crippen LogP contribution in [-0.4, -0.2) is 35.4 Å². The van der Waals surface area contributed by atoms with Crippen LogP contribution < -0.4 is 5.32 Å². The molecule has 0 radical (unpaired) electrons. The molecule has 1 N–H and O–H groups in total. The molecule has 0 spiro atoms. The maximum atomic E-state index is 12.5. The number of carbonyl (C=O) groups excluding carboxylic acids is 1. The predicted molar refractivity (Wildman–Crippen MR) is 118 cm³/mol. The number of carbonyl (C=O) groups is 1. The zero-order valence-electron chi connectivity index (χ0n) is 16.9. The lowest BCUT2D eigenvalue weighted by atomic mass is 10.1. The minimum atomic E-state index is 0.0152. The van der Waals surface area contributed by atoms with E-state index in [1.807, 2.05) is 30.3 Å². The van der Waals surface area contributed by atoms with Crippen molar-refractivity contribution in [3.8, 4) is 11.3 Å². The molecule has 1 aromatic heterocycles. The SMILES string of the molecule is O=C(CCc1ncc(-c2ccc(Cl)cc2)o1)NCC(c1ccccc1)N1CCCC1. The second kappa shape index (κ2) is 9.92. The van der Waals surface area contributed by atoms with Gasteiger partial charge in [0.2, 0.25) is 5.91 Å². The number of nitrogens with zero attached hydrogens (tertiary/aromatic N) is 2. The lowest BCUT2D eigenvalue weighted by Crippen LogP contribution is -2.36. The van der Waals surface area contributed by atoms with Gasteiger partial charge in [0.15, 0.2) is 11.7 Å². The van der Waals surface area contributed by atoms with Crippen molar-refractivity contribution in [2.45, 2.75) is 31.7 Å². The Morgan fingerprint density at radius 2 is 1.83 bits per heavy atom. The minimum absolute atomic E-state index is 0.0152. The molecule has 30 heavy (non-hydrogen) atoms. The molecule has 2 heterocycles. The Morgan fingerprint density at radius 3 is 2.57 bits per heavy atom. The molecule has 1 aliphatic rings. The molecule has 5 nitrogen and oxygen atoms in total. The van der Waals surface area contributed by atoms with Crippen LogP contribution in [-0.2, 0) is 11.2 Å². The summed E-state index contributed by atoms with van der Waals surface area (Å²) in [7, 11) is 0. The van der Waals surface area contributed by atoms with Crippen molar-refractivity contribution < 1.29 is 9.21 Å². The highest BCUT2D eigenvalue weighted by Crippen LogP contribution is 2.25. The molecule has 1 saturated heterocycles. The first-order chi connectivity index (χ1) is 14.7. The number of amides is 1. The van der Waals surface area contributed by atoms with E-state index in [0.29, 0.717) is 36.1 Å². The molecule has 3 aromatic rings. The van der Waals surface area contributed by atoms with Gasteiger partial charge in [-0.15, -0.1) is 0 Å². The first-order valence-electron chi connectivity index (χ1n) is 10.5. The lowest BCUT2D eigenvalue weighted by Gasteiger charge is -2.28. The number of nitrogens with one attached hydrogen (secondary N) is 1. The third-order valence-electron chi connectivity index (χ3n) is 5.51. The van der Waals surface area contributed by atoms with E-state index in [-0.39, 0.29) is 11.9 Å². The molecule has 1 unspecified atom stereocenters. The Hall–Kier alpha value is -2.63. The molecular formula is C24H26ClN3O2. The zero-order valence-corrected chi connectivity index (χ0v) is 17.6. The van der Waals surface area contributed by atoms with Crippen molar-refractivity contribution in [1.82, 2.24) is 15.2 Å². The first-order valence-corrected chi connectivity index (χ1v) is 10.8. The summed E-state index contributed by atoms with van der Waals surface area (Å²) in [6, 6.07) is 18.0. The third kappa shape index (κ3) is 5.29. The molecule has 0 aliphatic carbocycles. The number of benzene rings is 2. The average Bonchev–Trinajstić information content (AvgIpc) is 3.46. The number of hydrogen-bond acceptors (Lipinski definition) is 4. The number of halogens is 1. The van der Waals surface area contributed by atoms with Crippen molar-refractivity contribution in [2.24, 2.45) is 0 Å². The molecule has 1 amide bonds. The predicted octanol–water partition coefficient (Wildman–Crippen LogP) is 4.88. The van der Waals surface area contributed by atoms with Crippen LogP contribution in [0.15, 0.2) is 65.2 Å². The van der Waals surface area contributed by atoms with Gasteiger partial charge in [-0.3, -0.25) is 9.69 Å². The van der Waals surface area contributed by atoms with Crippen molar-refractivity contribution in [3.63, 3.8) is 0 Å². The molecule has 0 bridgehead atoms. The topological polar surface area (TPSA) is 58.4 Å². The Labute approximate surface area is 182 Å². The van der Waals surface area contributed by atoms with Gasteiger partial charge in [0.25, 0.3) is 0 Å². The Balaban J connectivity index is 1.30. The largest absolute Gasteiger partial charge is 0.441 e. The summed E-state index contributed by atoms with van der Waals surface area (Å²) in [5.41, 5.74) is 2.17. The Morgan fingerprint density at radius 1 is 1.10 bits per heavy atom. The summed E-state index contributed by atoms with van der Waals surface area (Å²) in [6.45, 7) is 2.78. The van der Waals surface area contributed by atoms with Crippen LogP contribution in [0.25, 0.3) is 11.3 Å². The summed E-state index contributed by atoms with van der Waals surface area (Å²) >= 11 is 5.93. The third-order valence-corrected chi connectivity index (χ3v) is 5.76. The van der Waals surface area contributed by atoms with Crippen molar-refractivity contribution in [1.29, 1.82) is 0 Å². The zero-order chi connectivity index (χ0) is 20.8. The van der Waals surface area contributed by atoms with E-state index >= 15 is 0 Å². The van der Waals surface area contributed by atoms with Gasteiger partial charge in [-0.1, -0.05) is 41.9 Å². The van der Waals surface area contributed by atoms with Gasteiger partial charge in [0.05, 0.1) is 12.2 Å². The fraction of sp³-hybridized carbons (Fsp3) is 0.333. The first kappa shape index (κ1) is 20.6. The highest BCUT2D eigenvalue weighted by Gasteiger charge is 2.23. The van der Waals surface area contributed by atoms with Crippen LogP contribution >= 0.6 is 11.6 Å². The maximum absolute atomic E-state index is 12.5. The number of rotatable bonds is 8. The average molecular weight is 424 g/mol. The van der Waals surface area contributed by atoms with Gasteiger partial charge in [-0.25, -0.2) is 4.98 Å². The lowest BCUT2D eigenvalue weighted by molar-refractivity contribution is -0.121. The van der Waals surface area contributed by atoms with Crippen LogP contribution in [0, 0.1) is 0 Å². The molecule has 1 fully saturated rings. The van der Waals surface area contributed by atoms with E-state index in [1.54, 1.807) is 6.20 Å². The van der Waals surface area contributed by atoms with Gasteiger partial charge >= 0.3 is 0 Å². The van der Waals surface area contributed by atoms with Crippen LogP contribution in [0.4, 0.5) is 0 Å². The molecular weight excluding hydrogens is 398 g/mol. The fourth-order valence-electron chi connectivity index (χ4n) is 3.88. The van der Waals surface area contributed by atoms with Gasteiger partial charge in [0, 0.05) is 30.0 Å². The Bertz CT molecular complexity index is 950. The number of likely N-dealkylation sites (tertiary alicyclic amines) is 1. The smallest absolute Gasteiger partial charge is 0.220 e. The molecule has 1 aliphatic heterocycles. The number of aryl methyl sites for hydroxylation is 1. The van der Waals surface area contributed by atoms with Gasteiger partial charge in [0.1, 0.15) is 0 Å². The summed E-state index contributed by atoms with van der Waals surface area (Å²) in [5.74, 6) is 1.26. The monoisotopic (exact) mass is 423 g/mol. The molecule has 2 aromatic carbocycles. The van der Waals surface area contributed by atoms with E-state index < -0.39 is 0 Å². The van der Waals surface area contributed by atoms with E-state index in [9.17, 15) is 4.79 Å². The van der Waals surface area contributed by atoms with Gasteiger partial charge in [-0.05, 0) is 55.8 Å². The maximum Gasteiger partial charge on any atom is 0.220 e. The number of oxazole rings is 1.